The van der Waals surface area contributed by atoms with Crippen molar-refractivity contribution in [2.45, 2.75) is 12.8 Å². The van der Waals surface area contributed by atoms with Crippen molar-refractivity contribution >= 4 is 17.2 Å². The molecule has 0 unspecified atom stereocenters. The van der Waals surface area contributed by atoms with E-state index in [1.165, 1.54) is 11.3 Å². The zero-order valence-electron chi connectivity index (χ0n) is 11.8. The molecule has 2 aromatic heterocycles. The second-order valence-corrected chi connectivity index (χ2v) is 5.51. The van der Waals surface area contributed by atoms with Gasteiger partial charge in [0.25, 0.3) is 5.91 Å². The number of hydrogen-bond acceptors (Lipinski definition) is 4. The zero-order chi connectivity index (χ0) is 15.1. The van der Waals surface area contributed by atoms with Gasteiger partial charge in [-0.2, -0.15) is 5.10 Å². The molecule has 0 aliphatic carbocycles. The predicted molar refractivity (Wildman–Crippen MR) is 82.1 cm³/mol. The Morgan fingerprint density at radius 2 is 2.33 bits per heavy atom. The minimum absolute atomic E-state index is 0.0548. The molecule has 2 heterocycles. The Balaban J connectivity index is 1.82. The Labute approximate surface area is 127 Å². The fourth-order valence-corrected chi connectivity index (χ4v) is 2.52. The molecule has 2 aromatic rings. The first kappa shape index (κ1) is 15.3. The van der Waals surface area contributed by atoms with Crippen molar-refractivity contribution in [3.63, 3.8) is 0 Å². The summed E-state index contributed by atoms with van der Waals surface area (Å²) in [6.45, 7) is 0.610. The van der Waals surface area contributed by atoms with Crippen molar-refractivity contribution < 1.29 is 9.90 Å². The highest BCUT2D eigenvalue weighted by Crippen LogP contribution is 2.15. The summed E-state index contributed by atoms with van der Waals surface area (Å²) in [5.74, 6) is 5.67. The molecule has 0 spiro atoms. The number of nitrogens with one attached hydrogen (secondary N) is 1. The lowest BCUT2D eigenvalue weighted by Crippen LogP contribution is -2.24. The summed E-state index contributed by atoms with van der Waals surface area (Å²) in [5.41, 5.74) is 0.958. The van der Waals surface area contributed by atoms with Crippen molar-refractivity contribution in [2.75, 3.05) is 13.2 Å². The first-order valence-electron chi connectivity index (χ1n) is 6.65. The Bertz CT molecular complexity index is 664. The van der Waals surface area contributed by atoms with Crippen LogP contribution in [-0.4, -0.2) is 33.9 Å². The van der Waals surface area contributed by atoms with Crippen LogP contribution >= 0.6 is 11.3 Å². The Hall–Kier alpha value is -2.10. The van der Waals surface area contributed by atoms with Crippen LogP contribution in [0.5, 0.6) is 0 Å². The maximum atomic E-state index is 12.0. The third-order valence-corrected chi connectivity index (χ3v) is 3.71. The second kappa shape index (κ2) is 7.62. The van der Waals surface area contributed by atoms with Crippen LogP contribution in [0.4, 0.5) is 0 Å². The number of amides is 1. The molecule has 0 atom stereocenters. The van der Waals surface area contributed by atoms with Gasteiger partial charge in [0.1, 0.15) is 0 Å². The van der Waals surface area contributed by atoms with E-state index >= 15 is 0 Å². The molecular weight excluding hydrogens is 286 g/mol. The van der Waals surface area contributed by atoms with Gasteiger partial charge < -0.3 is 10.4 Å². The van der Waals surface area contributed by atoms with Crippen molar-refractivity contribution in [2.24, 2.45) is 7.05 Å². The van der Waals surface area contributed by atoms with Crippen LogP contribution in [0, 0.1) is 11.8 Å². The quantitative estimate of drug-likeness (QED) is 0.815. The molecule has 110 valence electrons. The molecule has 0 radical (unpaired) electrons. The summed E-state index contributed by atoms with van der Waals surface area (Å²) in [6.07, 6.45) is 3.04. The molecule has 5 nitrogen and oxygen atoms in total. The van der Waals surface area contributed by atoms with Crippen LogP contribution in [0.2, 0.25) is 0 Å². The van der Waals surface area contributed by atoms with E-state index in [-0.39, 0.29) is 12.5 Å². The maximum Gasteiger partial charge on any atom is 0.261 e. The van der Waals surface area contributed by atoms with E-state index < -0.39 is 0 Å². The van der Waals surface area contributed by atoms with Crippen LogP contribution in [-0.2, 0) is 13.5 Å². The fraction of sp³-hybridized carbons (Fsp3) is 0.333. The van der Waals surface area contributed by atoms with Gasteiger partial charge in [-0.25, -0.2) is 0 Å². The highest BCUT2D eigenvalue weighted by Gasteiger charge is 2.08. The number of aliphatic hydroxyl groups is 1. The van der Waals surface area contributed by atoms with Gasteiger partial charge >= 0.3 is 0 Å². The van der Waals surface area contributed by atoms with E-state index in [9.17, 15) is 4.79 Å². The average molecular weight is 303 g/mol. The van der Waals surface area contributed by atoms with E-state index in [2.05, 4.69) is 22.3 Å². The monoisotopic (exact) mass is 303 g/mol. The SMILES string of the molecule is Cn1ccc(CCNC(=O)c2ccc(C#CCCO)s2)n1. The number of aromatic nitrogens is 2. The molecule has 6 heteroatoms. The summed E-state index contributed by atoms with van der Waals surface area (Å²) < 4.78 is 1.74. The topological polar surface area (TPSA) is 67.2 Å². The fourth-order valence-electron chi connectivity index (χ4n) is 1.72. The Kier molecular flexibility index (Phi) is 5.55. The van der Waals surface area contributed by atoms with E-state index in [1.54, 1.807) is 10.7 Å². The van der Waals surface area contributed by atoms with Gasteiger partial charge in [0.15, 0.2) is 0 Å². The summed E-state index contributed by atoms with van der Waals surface area (Å²) in [4.78, 5) is 13.4. The van der Waals surface area contributed by atoms with E-state index in [0.29, 0.717) is 24.3 Å². The van der Waals surface area contributed by atoms with Gasteiger partial charge in [0.05, 0.1) is 22.1 Å². The van der Waals surface area contributed by atoms with E-state index in [4.69, 9.17) is 5.11 Å². The predicted octanol–water partition coefficient (Wildman–Crippen LogP) is 1.19. The Morgan fingerprint density at radius 1 is 1.48 bits per heavy atom. The van der Waals surface area contributed by atoms with Gasteiger partial charge in [-0.05, 0) is 18.2 Å². The number of hydrogen-bond donors (Lipinski definition) is 2. The molecule has 0 aliphatic heterocycles. The molecular formula is C15H17N3O2S. The summed E-state index contributed by atoms with van der Waals surface area (Å²) in [5, 5.41) is 15.8. The van der Waals surface area contributed by atoms with Crippen molar-refractivity contribution in [3.8, 4) is 11.8 Å². The van der Waals surface area contributed by atoms with Gasteiger partial charge in [-0.3, -0.25) is 9.48 Å². The van der Waals surface area contributed by atoms with Crippen LogP contribution in [0.25, 0.3) is 0 Å². The standard InChI is InChI=1S/C15H17N3O2S/c1-18-10-8-12(17-18)7-9-16-15(20)14-6-5-13(21-14)4-2-3-11-19/h5-6,8,10,19H,3,7,9,11H2,1H3,(H,16,20). The van der Waals surface area contributed by atoms with Crippen LogP contribution < -0.4 is 5.32 Å². The molecule has 2 rings (SSSR count). The van der Waals surface area contributed by atoms with E-state index in [0.717, 1.165) is 10.6 Å². The van der Waals surface area contributed by atoms with Gasteiger partial charge in [0, 0.05) is 32.6 Å². The summed E-state index contributed by atoms with van der Waals surface area (Å²) in [6, 6.07) is 5.53. The first-order chi connectivity index (χ1) is 10.2. The highest BCUT2D eigenvalue weighted by molar-refractivity contribution is 7.14. The van der Waals surface area contributed by atoms with E-state index in [1.807, 2.05) is 25.4 Å². The number of thiophene rings is 1. The van der Waals surface area contributed by atoms with Gasteiger partial charge in [-0.1, -0.05) is 11.8 Å². The van der Waals surface area contributed by atoms with Crippen LogP contribution in [0.15, 0.2) is 24.4 Å². The molecule has 1 amide bonds. The van der Waals surface area contributed by atoms with Crippen molar-refractivity contribution in [1.29, 1.82) is 0 Å². The third-order valence-electron chi connectivity index (χ3n) is 2.71. The zero-order valence-corrected chi connectivity index (χ0v) is 12.6. The maximum absolute atomic E-state index is 12.0. The molecule has 0 fully saturated rings. The van der Waals surface area contributed by atoms with Gasteiger partial charge in [0.2, 0.25) is 0 Å². The largest absolute Gasteiger partial charge is 0.395 e. The number of rotatable bonds is 5. The van der Waals surface area contributed by atoms with Crippen LogP contribution in [0.1, 0.15) is 26.7 Å². The van der Waals surface area contributed by atoms with Crippen molar-refractivity contribution in [1.82, 2.24) is 15.1 Å². The average Bonchev–Trinajstić information content (AvgIpc) is 3.08. The van der Waals surface area contributed by atoms with Crippen molar-refractivity contribution in [3.05, 3.63) is 39.8 Å². The minimum atomic E-state index is -0.0915. The second-order valence-electron chi connectivity index (χ2n) is 4.43. The highest BCUT2D eigenvalue weighted by atomic mass is 32.1. The molecule has 0 bridgehead atoms. The summed E-state index contributed by atoms with van der Waals surface area (Å²) in [7, 11) is 1.87. The molecule has 2 N–H and O–H groups in total. The molecule has 0 saturated heterocycles. The smallest absolute Gasteiger partial charge is 0.261 e. The molecule has 21 heavy (non-hydrogen) atoms. The lowest BCUT2D eigenvalue weighted by molar-refractivity contribution is 0.0958. The molecule has 0 saturated carbocycles. The first-order valence-corrected chi connectivity index (χ1v) is 7.47. The molecule has 0 aromatic carbocycles. The van der Waals surface area contributed by atoms with Crippen LogP contribution in [0.3, 0.4) is 0 Å². The number of nitrogens with zero attached hydrogens (tertiary/aromatic N) is 2. The van der Waals surface area contributed by atoms with Gasteiger partial charge in [-0.15, -0.1) is 11.3 Å². The number of carbonyl (C=O) groups is 1. The minimum Gasteiger partial charge on any atom is -0.395 e. The lowest BCUT2D eigenvalue weighted by atomic mass is 10.3. The Morgan fingerprint density at radius 3 is 3.05 bits per heavy atom. The number of carbonyl (C=O) groups excluding carboxylic acids is 1. The summed E-state index contributed by atoms with van der Waals surface area (Å²) >= 11 is 1.35. The number of aliphatic hydroxyl groups excluding tert-OH is 1. The number of aryl methyl sites for hydroxylation is 1. The third kappa shape index (κ3) is 4.74. The normalized spacial score (nSPS) is 10.0. The lowest BCUT2D eigenvalue weighted by Gasteiger charge is -2.01. The molecule has 0 aliphatic rings.